The molecule has 1 saturated heterocycles. The maximum absolute atomic E-state index is 12.7. The van der Waals surface area contributed by atoms with E-state index in [1.54, 1.807) is 12.1 Å². The number of aliphatic hydroxyl groups is 2. The van der Waals surface area contributed by atoms with Crippen LogP contribution in [-0.4, -0.2) is 53.5 Å². The molecule has 0 aromatic heterocycles. The molecular formula is C19H21Cl2NO5S. The van der Waals surface area contributed by atoms with Crippen molar-refractivity contribution in [3.8, 4) is 0 Å². The Labute approximate surface area is 174 Å². The molecule has 3 rings (SSSR count). The molecule has 0 bridgehead atoms. The summed E-state index contributed by atoms with van der Waals surface area (Å²) in [6.07, 6.45) is -2.65. The van der Waals surface area contributed by atoms with Crippen LogP contribution in [0, 0.1) is 0 Å². The summed E-state index contributed by atoms with van der Waals surface area (Å²) in [4.78, 5) is 0. The second kappa shape index (κ2) is 9.09. The highest BCUT2D eigenvalue weighted by Crippen LogP contribution is 2.28. The van der Waals surface area contributed by atoms with Crippen molar-refractivity contribution in [3.63, 3.8) is 0 Å². The molecule has 0 saturated carbocycles. The van der Waals surface area contributed by atoms with Gasteiger partial charge in [-0.3, -0.25) is 0 Å². The first-order chi connectivity index (χ1) is 13.3. The van der Waals surface area contributed by atoms with Crippen molar-refractivity contribution in [1.82, 2.24) is 4.31 Å². The van der Waals surface area contributed by atoms with Crippen molar-refractivity contribution in [2.45, 2.75) is 31.4 Å². The van der Waals surface area contributed by atoms with Crippen LogP contribution in [-0.2, 0) is 27.9 Å². The van der Waals surface area contributed by atoms with Crippen molar-refractivity contribution >= 4 is 33.2 Å². The zero-order valence-corrected chi connectivity index (χ0v) is 17.2. The molecule has 1 heterocycles. The van der Waals surface area contributed by atoms with Gasteiger partial charge >= 0.3 is 0 Å². The fourth-order valence-electron chi connectivity index (χ4n) is 3.13. The van der Waals surface area contributed by atoms with Crippen molar-refractivity contribution in [3.05, 3.63) is 69.7 Å². The third-order valence-electron chi connectivity index (χ3n) is 4.64. The fraction of sp³-hybridized carbons (Fsp3) is 0.368. The largest absolute Gasteiger partial charge is 0.389 e. The number of ether oxygens (including phenoxy) is 1. The van der Waals surface area contributed by atoms with Gasteiger partial charge in [-0.15, -0.1) is 0 Å². The highest BCUT2D eigenvalue weighted by atomic mass is 35.5. The molecule has 9 heteroatoms. The van der Waals surface area contributed by atoms with Crippen LogP contribution in [0.4, 0.5) is 0 Å². The van der Waals surface area contributed by atoms with E-state index in [1.807, 2.05) is 30.3 Å². The van der Waals surface area contributed by atoms with Crippen LogP contribution >= 0.6 is 23.2 Å². The molecule has 3 atom stereocenters. The first kappa shape index (κ1) is 21.5. The number of hydrogen-bond acceptors (Lipinski definition) is 5. The lowest BCUT2D eigenvalue weighted by Gasteiger charge is -2.40. The van der Waals surface area contributed by atoms with Crippen LogP contribution in [0.25, 0.3) is 0 Å². The Morgan fingerprint density at radius 2 is 1.82 bits per heavy atom. The molecule has 0 aliphatic carbocycles. The molecule has 2 N–H and O–H groups in total. The van der Waals surface area contributed by atoms with Crippen LogP contribution in [0.15, 0.2) is 48.5 Å². The van der Waals surface area contributed by atoms with E-state index in [-0.39, 0.29) is 19.8 Å². The van der Waals surface area contributed by atoms with Gasteiger partial charge in [-0.25, -0.2) is 8.42 Å². The third-order valence-corrected chi connectivity index (χ3v) is 7.10. The lowest BCUT2D eigenvalue weighted by atomic mass is 10.1. The summed E-state index contributed by atoms with van der Waals surface area (Å²) < 4.78 is 32.2. The number of nitrogens with zero attached hydrogens (tertiary/aromatic N) is 1. The van der Waals surface area contributed by atoms with Crippen molar-refractivity contribution in [2.24, 2.45) is 0 Å². The average Bonchev–Trinajstić information content (AvgIpc) is 2.64. The van der Waals surface area contributed by atoms with E-state index >= 15 is 0 Å². The second-order valence-electron chi connectivity index (χ2n) is 6.69. The predicted octanol–water partition coefficient (Wildman–Crippen LogP) is 2.45. The molecule has 1 aliphatic rings. The summed E-state index contributed by atoms with van der Waals surface area (Å²) >= 11 is 12.1. The zero-order chi connectivity index (χ0) is 20.3. The van der Waals surface area contributed by atoms with Gasteiger partial charge in [0.05, 0.1) is 37.2 Å². The summed E-state index contributed by atoms with van der Waals surface area (Å²) in [5.41, 5.74) is 1.47. The third kappa shape index (κ3) is 5.04. The Kier molecular flexibility index (Phi) is 6.98. The van der Waals surface area contributed by atoms with E-state index in [9.17, 15) is 18.6 Å². The van der Waals surface area contributed by atoms with Crippen LogP contribution < -0.4 is 0 Å². The van der Waals surface area contributed by atoms with Gasteiger partial charge in [-0.2, -0.15) is 4.31 Å². The quantitative estimate of drug-likeness (QED) is 0.712. The summed E-state index contributed by atoms with van der Waals surface area (Å²) in [5, 5.41) is 21.2. The van der Waals surface area contributed by atoms with Crippen molar-refractivity contribution in [2.75, 3.05) is 12.4 Å². The molecule has 6 nitrogen and oxygen atoms in total. The average molecular weight is 446 g/mol. The Balaban J connectivity index is 1.79. The van der Waals surface area contributed by atoms with Crippen LogP contribution in [0.2, 0.25) is 10.0 Å². The van der Waals surface area contributed by atoms with Crippen LogP contribution in [0.1, 0.15) is 11.1 Å². The zero-order valence-electron chi connectivity index (χ0n) is 14.9. The highest BCUT2D eigenvalue weighted by molar-refractivity contribution is 7.89. The normalized spacial score (nSPS) is 24.9. The number of halogens is 2. The number of aliphatic hydroxyl groups excluding tert-OH is 2. The SMILES string of the molecule is O=S1(=O)C[C@@H](O)[C@H](O)[C@@H](COCc2ccccc2)N1Cc1ccc(Cl)cc1Cl. The summed E-state index contributed by atoms with van der Waals surface area (Å²) in [6.45, 7) is 0.134. The second-order valence-corrected chi connectivity index (χ2v) is 9.50. The molecule has 152 valence electrons. The lowest BCUT2D eigenvalue weighted by Crippen LogP contribution is -2.60. The molecule has 0 radical (unpaired) electrons. The molecule has 1 fully saturated rings. The minimum Gasteiger partial charge on any atom is -0.389 e. The van der Waals surface area contributed by atoms with Crippen molar-refractivity contribution < 1.29 is 23.4 Å². The van der Waals surface area contributed by atoms with Gasteiger partial charge in [0.1, 0.15) is 0 Å². The topological polar surface area (TPSA) is 87.1 Å². The Bertz CT molecular complexity index is 910. The Hall–Kier alpha value is -1.19. The molecule has 0 spiro atoms. The monoisotopic (exact) mass is 445 g/mol. The van der Waals surface area contributed by atoms with E-state index in [0.717, 1.165) is 9.87 Å². The summed E-state index contributed by atoms with van der Waals surface area (Å²) in [5.74, 6) is -0.561. The Morgan fingerprint density at radius 3 is 2.50 bits per heavy atom. The highest BCUT2D eigenvalue weighted by Gasteiger charge is 2.45. The van der Waals surface area contributed by atoms with E-state index in [0.29, 0.717) is 15.6 Å². The molecule has 28 heavy (non-hydrogen) atoms. The summed E-state index contributed by atoms with van der Waals surface area (Å²) in [6, 6.07) is 13.2. The number of hydrogen-bond donors (Lipinski definition) is 2. The standard InChI is InChI=1S/C19H21Cl2NO5S/c20-15-7-6-14(16(21)8-15)9-22-17(19(24)18(23)12-28(22,25)26)11-27-10-13-4-2-1-3-5-13/h1-8,17-19,23-24H,9-12H2/t17-,18-,19-/m1/s1. The molecular weight excluding hydrogens is 425 g/mol. The predicted molar refractivity (Wildman–Crippen MR) is 108 cm³/mol. The molecule has 1 aliphatic heterocycles. The van der Waals surface area contributed by atoms with Gasteiger partial charge in [0.25, 0.3) is 0 Å². The van der Waals surface area contributed by atoms with Crippen LogP contribution in [0.5, 0.6) is 0 Å². The van der Waals surface area contributed by atoms with E-state index < -0.39 is 34.0 Å². The van der Waals surface area contributed by atoms with Gasteiger partial charge < -0.3 is 14.9 Å². The minimum atomic E-state index is -3.82. The first-order valence-corrected chi connectivity index (χ1v) is 11.1. The van der Waals surface area contributed by atoms with Crippen LogP contribution in [0.3, 0.4) is 0 Å². The van der Waals surface area contributed by atoms with Crippen molar-refractivity contribution in [1.29, 1.82) is 0 Å². The van der Waals surface area contributed by atoms with Gasteiger partial charge in [0.15, 0.2) is 0 Å². The minimum absolute atomic E-state index is 0.0541. The number of sulfonamides is 1. The van der Waals surface area contributed by atoms with Gasteiger partial charge in [0, 0.05) is 16.6 Å². The lowest BCUT2D eigenvalue weighted by molar-refractivity contribution is -0.0530. The van der Waals surface area contributed by atoms with E-state index in [2.05, 4.69) is 0 Å². The van der Waals surface area contributed by atoms with E-state index in [4.69, 9.17) is 27.9 Å². The fourth-order valence-corrected chi connectivity index (χ4v) is 5.35. The number of rotatable bonds is 6. The maximum Gasteiger partial charge on any atom is 0.217 e. The molecule has 2 aromatic carbocycles. The van der Waals surface area contributed by atoms with Gasteiger partial charge in [0.2, 0.25) is 10.0 Å². The van der Waals surface area contributed by atoms with Gasteiger partial charge in [-0.05, 0) is 23.3 Å². The van der Waals surface area contributed by atoms with Gasteiger partial charge in [-0.1, -0.05) is 59.6 Å². The molecule has 0 amide bonds. The molecule has 2 aromatic rings. The maximum atomic E-state index is 12.7. The first-order valence-electron chi connectivity index (χ1n) is 8.69. The van der Waals surface area contributed by atoms with E-state index in [1.165, 1.54) is 6.07 Å². The summed E-state index contributed by atoms with van der Waals surface area (Å²) in [7, 11) is -3.82. The molecule has 0 unspecified atom stereocenters. The smallest absolute Gasteiger partial charge is 0.217 e. The number of benzene rings is 2. The Morgan fingerprint density at radius 1 is 1.11 bits per heavy atom.